The summed E-state index contributed by atoms with van der Waals surface area (Å²) in [5.41, 5.74) is 2.77. The van der Waals surface area contributed by atoms with Gasteiger partial charge >= 0.3 is 5.97 Å². The molecule has 3 rings (SSSR count). The van der Waals surface area contributed by atoms with E-state index in [4.69, 9.17) is 4.74 Å². The van der Waals surface area contributed by atoms with E-state index >= 15 is 0 Å². The number of aromatic amines is 1. The van der Waals surface area contributed by atoms with Crippen molar-refractivity contribution in [2.75, 3.05) is 6.61 Å². The summed E-state index contributed by atoms with van der Waals surface area (Å²) in [4.78, 5) is 27.0. The van der Waals surface area contributed by atoms with E-state index in [0.29, 0.717) is 18.4 Å². The number of carbonyl (C=O) groups is 2. The van der Waals surface area contributed by atoms with Crippen LogP contribution in [-0.4, -0.2) is 23.3 Å². The Morgan fingerprint density at radius 1 is 0.963 bits per heavy atom. The van der Waals surface area contributed by atoms with Crippen molar-refractivity contribution >= 4 is 22.7 Å². The Hall–Kier alpha value is -2.95. The number of esters is 1. The van der Waals surface area contributed by atoms with Crippen LogP contribution in [0.4, 0.5) is 4.39 Å². The third-order valence-corrected chi connectivity index (χ3v) is 4.48. The lowest BCUT2D eigenvalue weighted by Gasteiger charge is -2.05. The molecule has 0 unspecified atom stereocenters. The van der Waals surface area contributed by atoms with E-state index < -0.39 is 0 Å². The van der Waals surface area contributed by atoms with E-state index in [1.807, 2.05) is 24.4 Å². The number of para-hydroxylation sites is 1. The number of fused-ring (bicyclic) bond motifs is 1. The first kappa shape index (κ1) is 18.8. The number of benzene rings is 2. The summed E-state index contributed by atoms with van der Waals surface area (Å²) in [7, 11) is 0. The molecular formula is C22H22FNO3. The van der Waals surface area contributed by atoms with Crippen molar-refractivity contribution in [3.63, 3.8) is 0 Å². The summed E-state index contributed by atoms with van der Waals surface area (Å²) in [6.07, 6.45) is 4.60. The van der Waals surface area contributed by atoms with Crippen molar-refractivity contribution in [3.05, 3.63) is 71.7 Å². The van der Waals surface area contributed by atoms with E-state index in [-0.39, 0.29) is 30.6 Å². The Bertz CT molecular complexity index is 915. The van der Waals surface area contributed by atoms with Gasteiger partial charge in [-0.2, -0.15) is 0 Å². The summed E-state index contributed by atoms with van der Waals surface area (Å²) in [6, 6.07) is 13.5. The van der Waals surface area contributed by atoms with Crippen LogP contribution >= 0.6 is 0 Å². The molecule has 1 N–H and O–H groups in total. The number of carbonyl (C=O) groups excluding carboxylic acids is 2. The van der Waals surface area contributed by atoms with E-state index in [9.17, 15) is 14.0 Å². The van der Waals surface area contributed by atoms with Gasteiger partial charge in [0.2, 0.25) is 0 Å². The molecule has 0 atom stereocenters. The second-order valence-corrected chi connectivity index (χ2v) is 6.47. The predicted molar refractivity (Wildman–Crippen MR) is 102 cm³/mol. The zero-order chi connectivity index (χ0) is 19.1. The standard InChI is InChI=1S/C22H22FNO3/c23-18-12-10-16(11-13-18)21(25)8-4-14-27-22(26)9-3-5-17-15-24-20-7-2-1-6-19(17)20/h1-2,6-7,10-13,15,24H,3-5,8-9,14H2. The molecule has 0 radical (unpaired) electrons. The molecule has 0 fully saturated rings. The van der Waals surface area contributed by atoms with Crippen LogP contribution in [0.2, 0.25) is 0 Å². The topological polar surface area (TPSA) is 59.2 Å². The maximum Gasteiger partial charge on any atom is 0.305 e. The van der Waals surface area contributed by atoms with Crippen molar-refractivity contribution in [2.24, 2.45) is 0 Å². The van der Waals surface area contributed by atoms with E-state index in [1.54, 1.807) is 0 Å². The number of ketones is 1. The molecule has 0 aliphatic carbocycles. The van der Waals surface area contributed by atoms with Gasteiger partial charge in [-0.25, -0.2) is 4.39 Å². The number of H-pyrrole nitrogens is 1. The van der Waals surface area contributed by atoms with E-state index in [1.165, 1.54) is 35.2 Å². The van der Waals surface area contributed by atoms with Crippen molar-refractivity contribution in [1.82, 2.24) is 4.98 Å². The summed E-state index contributed by atoms with van der Waals surface area (Å²) in [5.74, 6) is -0.692. The van der Waals surface area contributed by atoms with Crippen LogP contribution in [0.25, 0.3) is 10.9 Å². The van der Waals surface area contributed by atoms with Crippen molar-refractivity contribution in [1.29, 1.82) is 0 Å². The Morgan fingerprint density at radius 3 is 2.56 bits per heavy atom. The van der Waals surface area contributed by atoms with Gasteiger partial charge in [0, 0.05) is 35.5 Å². The summed E-state index contributed by atoms with van der Waals surface area (Å²) < 4.78 is 18.0. The number of nitrogens with one attached hydrogen (secondary N) is 1. The molecule has 4 nitrogen and oxygen atoms in total. The van der Waals surface area contributed by atoms with Crippen molar-refractivity contribution in [2.45, 2.75) is 32.1 Å². The Morgan fingerprint density at radius 2 is 1.74 bits per heavy atom. The highest BCUT2D eigenvalue weighted by Crippen LogP contribution is 2.19. The van der Waals surface area contributed by atoms with Gasteiger partial charge in [-0.3, -0.25) is 9.59 Å². The van der Waals surface area contributed by atoms with Gasteiger partial charge in [0.25, 0.3) is 0 Å². The minimum atomic E-state index is -0.367. The van der Waals surface area contributed by atoms with Gasteiger partial charge in [0.15, 0.2) is 5.78 Å². The average Bonchev–Trinajstić information content (AvgIpc) is 3.09. The Kier molecular flexibility index (Phi) is 6.36. The average molecular weight is 367 g/mol. The molecule has 0 aliphatic rings. The third-order valence-electron chi connectivity index (χ3n) is 4.48. The lowest BCUT2D eigenvalue weighted by Crippen LogP contribution is -2.08. The van der Waals surface area contributed by atoms with E-state index in [0.717, 1.165) is 18.4 Å². The third kappa shape index (κ3) is 5.26. The highest BCUT2D eigenvalue weighted by molar-refractivity contribution is 5.96. The zero-order valence-corrected chi connectivity index (χ0v) is 15.0. The number of rotatable bonds is 9. The van der Waals surface area contributed by atoms with E-state index in [2.05, 4.69) is 11.1 Å². The van der Waals surface area contributed by atoms with Gasteiger partial charge < -0.3 is 9.72 Å². The number of halogens is 1. The van der Waals surface area contributed by atoms with Crippen LogP contribution in [0.1, 0.15) is 41.6 Å². The van der Waals surface area contributed by atoms with Crippen molar-refractivity contribution < 1.29 is 18.7 Å². The second kappa shape index (κ2) is 9.12. The molecule has 0 saturated heterocycles. The SMILES string of the molecule is O=C(CCCc1c[nH]c2ccccc12)OCCCC(=O)c1ccc(F)cc1. The number of aryl methyl sites for hydroxylation is 1. The first-order valence-corrected chi connectivity index (χ1v) is 9.13. The zero-order valence-electron chi connectivity index (χ0n) is 15.0. The highest BCUT2D eigenvalue weighted by Gasteiger charge is 2.08. The molecular weight excluding hydrogens is 345 g/mol. The molecule has 5 heteroatoms. The lowest BCUT2D eigenvalue weighted by atomic mass is 10.1. The molecule has 140 valence electrons. The number of Topliss-reactive ketones (excluding diaryl/α,β-unsaturated/α-hetero) is 1. The number of hydrogen-bond donors (Lipinski definition) is 1. The highest BCUT2D eigenvalue weighted by atomic mass is 19.1. The number of hydrogen-bond acceptors (Lipinski definition) is 3. The summed E-state index contributed by atoms with van der Waals surface area (Å²) in [5, 5.41) is 1.19. The van der Waals surface area contributed by atoms with Crippen LogP contribution in [0, 0.1) is 5.82 Å². The molecule has 1 heterocycles. The number of aromatic nitrogens is 1. The summed E-state index contributed by atoms with van der Waals surface area (Å²) >= 11 is 0. The molecule has 3 aromatic rings. The molecule has 0 aliphatic heterocycles. The Labute approximate surface area is 157 Å². The van der Waals surface area contributed by atoms with Crippen LogP contribution in [0.3, 0.4) is 0 Å². The molecule has 0 bridgehead atoms. The first-order valence-electron chi connectivity index (χ1n) is 9.13. The largest absolute Gasteiger partial charge is 0.466 e. The first-order chi connectivity index (χ1) is 13.1. The van der Waals surface area contributed by atoms with Crippen LogP contribution < -0.4 is 0 Å². The minimum absolute atomic E-state index is 0.0783. The Balaban J connectivity index is 1.33. The van der Waals surface area contributed by atoms with Crippen LogP contribution in [0.5, 0.6) is 0 Å². The fourth-order valence-electron chi connectivity index (χ4n) is 3.03. The smallest absolute Gasteiger partial charge is 0.305 e. The van der Waals surface area contributed by atoms with Gasteiger partial charge in [-0.05, 0) is 55.2 Å². The minimum Gasteiger partial charge on any atom is -0.466 e. The second-order valence-electron chi connectivity index (χ2n) is 6.47. The monoisotopic (exact) mass is 367 g/mol. The fraction of sp³-hybridized carbons (Fsp3) is 0.273. The molecule has 2 aromatic carbocycles. The van der Waals surface area contributed by atoms with Gasteiger partial charge in [-0.1, -0.05) is 18.2 Å². The molecule has 0 spiro atoms. The lowest BCUT2D eigenvalue weighted by molar-refractivity contribution is -0.143. The van der Waals surface area contributed by atoms with Crippen molar-refractivity contribution in [3.8, 4) is 0 Å². The molecule has 27 heavy (non-hydrogen) atoms. The van der Waals surface area contributed by atoms with Gasteiger partial charge in [0.1, 0.15) is 5.82 Å². The van der Waals surface area contributed by atoms with Crippen LogP contribution in [0.15, 0.2) is 54.7 Å². The molecule has 0 amide bonds. The normalized spacial score (nSPS) is 10.9. The van der Waals surface area contributed by atoms with Crippen LogP contribution in [-0.2, 0) is 16.0 Å². The number of ether oxygens (including phenoxy) is 1. The quantitative estimate of drug-likeness (QED) is 0.335. The van der Waals surface area contributed by atoms with Gasteiger partial charge in [-0.15, -0.1) is 0 Å². The maximum atomic E-state index is 12.8. The fourth-order valence-corrected chi connectivity index (χ4v) is 3.03. The predicted octanol–water partition coefficient (Wildman–Crippen LogP) is 4.84. The summed E-state index contributed by atoms with van der Waals surface area (Å²) in [6.45, 7) is 0.221. The molecule has 0 saturated carbocycles. The van der Waals surface area contributed by atoms with Gasteiger partial charge in [0.05, 0.1) is 6.61 Å². The molecule has 1 aromatic heterocycles. The maximum absolute atomic E-state index is 12.8.